The van der Waals surface area contributed by atoms with Crippen molar-refractivity contribution in [1.82, 2.24) is 34.4 Å². The molecule has 11 N–H and O–H groups in total. The quantitative estimate of drug-likeness (QED) is 0.0365. The van der Waals surface area contributed by atoms with E-state index in [1.165, 1.54) is 41.0 Å². The van der Waals surface area contributed by atoms with Crippen LogP contribution in [-0.4, -0.2) is 134 Å². The lowest BCUT2D eigenvalue weighted by atomic mass is 10.1. The lowest BCUT2D eigenvalue weighted by Gasteiger charge is -2.26. The first-order valence-corrected chi connectivity index (χ1v) is 26.0. The summed E-state index contributed by atoms with van der Waals surface area (Å²) < 4.78 is 84.2. The van der Waals surface area contributed by atoms with Crippen molar-refractivity contribution in [3.05, 3.63) is 130 Å². The Bertz CT molecular complexity index is 3250. The Hall–Kier alpha value is -7.02. The number of nitrogens with zero attached hydrogens (tertiary/aromatic N) is 6. The van der Waals surface area contributed by atoms with Crippen molar-refractivity contribution in [3.8, 4) is 5.75 Å². The van der Waals surface area contributed by atoms with Gasteiger partial charge in [0.1, 0.15) is 73.0 Å². The van der Waals surface area contributed by atoms with E-state index in [0.717, 1.165) is 24.9 Å². The normalized spacial score (nSPS) is 22.5. The van der Waals surface area contributed by atoms with Crippen LogP contribution in [0, 0.1) is 5.82 Å². The number of aliphatic hydroxyl groups excluding tert-OH is 2. The zero-order valence-electron chi connectivity index (χ0n) is 39.4. The molecule has 5 heterocycles. The summed E-state index contributed by atoms with van der Waals surface area (Å²) in [5, 5.41) is 28.3. The highest BCUT2D eigenvalue weighted by Gasteiger charge is 2.52. The fourth-order valence-corrected chi connectivity index (χ4v) is 9.27. The number of para-hydroxylation sites is 1. The third kappa shape index (κ3) is 14.3. The first-order valence-electron chi connectivity index (χ1n) is 22.6. The van der Waals surface area contributed by atoms with Crippen molar-refractivity contribution in [2.24, 2.45) is 0 Å². The number of anilines is 3. The summed E-state index contributed by atoms with van der Waals surface area (Å²) in [5.41, 5.74) is 12.0. The van der Waals surface area contributed by atoms with Gasteiger partial charge in [-0.05, 0) is 53.6 Å². The van der Waals surface area contributed by atoms with Gasteiger partial charge in [0.15, 0.2) is 36.1 Å². The number of carbonyl (C=O) groups excluding carboxylic acids is 3. The van der Waals surface area contributed by atoms with Gasteiger partial charge in [0.05, 0.1) is 31.0 Å². The zero-order valence-corrected chi connectivity index (χ0v) is 42.0. The molecule has 6 aromatic rings. The van der Waals surface area contributed by atoms with E-state index < -0.39 is 114 Å². The molecular weight excluding hydrogens is 1090 g/mol. The van der Waals surface area contributed by atoms with Gasteiger partial charge in [-0.1, -0.05) is 48.0 Å². The SMILES string of the molecule is Nc1ccn([C@@H]2O[C@H](COP(=O)(O)O)[C@@H](OP(=O)(O)OC[C@H]3O[C@@H](n4cnc5c(N)ncnc54)[C@H](O)[C@@H]3OC(=O)[C@H](COc3ccccc3Cl)NC(=O)OCc3ccc(NC(=O)Cc4ccc(F)cc4)cc3)[C@H]2O)c(=O)n1. The van der Waals surface area contributed by atoms with Crippen LogP contribution >= 0.6 is 27.2 Å². The minimum Gasteiger partial charge on any atom is -0.489 e. The maximum Gasteiger partial charge on any atom is 0.472 e. The smallest absolute Gasteiger partial charge is 0.472 e. The molecule has 10 atom stereocenters. The number of carbonyl (C=O) groups is 3. The molecule has 2 aliphatic rings. The van der Waals surface area contributed by atoms with Gasteiger partial charge in [-0.2, -0.15) is 4.98 Å². The number of rotatable bonds is 21. The van der Waals surface area contributed by atoms with Gasteiger partial charge in [0.2, 0.25) is 5.91 Å². The van der Waals surface area contributed by atoms with Crippen molar-refractivity contribution in [2.45, 2.75) is 68.1 Å². The summed E-state index contributed by atoms with van der Waals surface area (Å²) in [5.74, 6) is -2.31. The number of hydrogen-bond acceptors (Lipinski definition) is 22. The molecule has 2 fully saturated rings. The molecule has 2 amide bonds. The Morgan fingerprint density at radius 1 is 0.844 bits per heavy atom. The Morgan fingerprint density at radius 3 is 2.21 bits per heavy atom. The second-order valence-electron chi connectivity index (χ2n) is 16.8. The Balaban J connectivity index is 0.985. The molecule has 2 aliphatic heterocycles. The second-order valence-corrected chi connectivity index (χ2v) is 19.9. The van der Waals surface area contributed by atoms with E-state index in [2.05, 4.69) is 35.1 Å². The van der Waals surface area contributed by atoms with Crippen molar-refractivity contribution in [1.29, 1.82) is 0 Å². The molecule has 33 heteroatoms. The Labute approximate surface area is 437 Å². The molecule has 3 aromatic heterocycles. The number of fused-ring (bicyclic) bond motifs is 1. The largest absolute Gasteiger partial charge is 0.489 e. The van der Waals surface area contributed by atoms with Gasteiger partial charge in [-0.15, -0.1) is 0 Å². The number of nitrogens with two attached hydrogens (primary N) is 2. The molecule has 3 aromatic carbocycles. The number of nitrogen functional groups attached to an aromatic ring is 2. The number of halogens is 2. The molecule has 0 bridgehead atoms. The van der Waals surface area contributed by atoms with E-state index in [1.54, 1.807) is 36.4 Å². The fraction of sp³-hybridized carbons (Fsp3) is 0.318. The van der Waals surface area contributed by atoms with Gasteiger partial charge in [-0.25, -0.2) is 42.9 Å². The Morgan fingerprint density at radius 2 is 1.51 bits per heavy atom. The second kappa shape index (κ2) is 24.1. The summed E-state index contributed by atoms with van der Waals surface area (Å²) in [7, 11) is -10.8. The predicted molar refractivity (Wildman–Crippen MR) is 260 cm³/mol. The number of benzene rings is 3. The molecule has 410 valence electrons. The van der Waals surface area contributed by atoms with Crippen LogP contribution in [0.1, 0.15) is 23.6 Å². The number of aliphatic hydroxyl groups is 2. The standard InChI is InChI=1S/C44H46ClFN10O19P2/c45-26-3-1-2-4-28(26)68-17-27(53-44(62)69-16-23-7-11-25(12-8-23)52-32(57)15-22-5-9-24(46)10-6-22)42(60)74-36-29(72-41(34(36)58)56-21-51-33-38(48)49-20-50-39(33)56)19-71-77(66,67)75-37-30(18-70-76(63,64)65)73-40(35(37)59)55-14-13-31(47)54-43(55)61/h1-14,20-21,27,29-30,34-37,40-41,58-59H,15-19H2,(H,52,57)(H,53,62)(H,66,67)(H2,47,54,61)(H2,48,49,50)(H2,63,64,65)/t27-,29+,30+,34+,35+,36+,37+,40+,41+/m0/s1. The van der Waals surface area contributed by atoms with E-state index in [0.29, 0.717) is 21.4 Å². The van der Waals surface area contributed by atoms with Crippen LogP contribution in [0.25, 0.3) is 11.2 Å². The lowest BCUT2D eigenvalue weighted by molar-refractivity contribution is -0.159. The van der Waals surface area contributed by atoms with E-state index in [1.807, 2.05) is 0 Å². The minimum atomic E-state index is -5.53. The van der Waals surface area contributed by atoms with Crippen LogP contribution in [-0.2, 0) is 64.3 Å². The number of ether oxygens (including phenoxy) is 5. The van der Waals surface area contributed by atoms with Crippen LogP contribution in [0.2, 0.25) is 5.02 Å². The fourth-order valence-electron chi connectivity index (χ4n) is 7.77. The molecule has 8 rings (SSSR count). The number of imidazole rings is 1. The number of amides is 2. The van der Waals surface area contributed by atoms with Gasteiger partial charge < -0.3 is 70.7 Å². The van der Waals surface area contributed by atoms with E-state index >= 15 is 0 Å². The molecule has 0 radical (unpaired) electrons. The van der Waals surface area contributed by atoms with Crippen molar-refractivity contribution in [3.63, 3.8) is 0 Å². The van der Waals surface area contributed by atoms with Crippen LogP contribution < -0.4 is 32.5 Å². The molecule has 0 saturated carbocycles. The first kappa shape index (κ1) is 56.2. The molecular formula is C44H46ClFN10O19P2. The number of nitrogens with one attached hydrogen (secondary N) is 2. The highest BCUT2D eigenvalue weighted by atomic mass is 35.5. The van der Waals surface area contributed by atoms with Gasteiger partial charge in [-0.3, -0.25) is 27.5 Å². The van der Waals surface area contributed by atoms with Crippen LogP contribution in [0.5, 0.6) is 5.75 Å². The topological polar surface area (TPSA) is 415 Å². The molecule has 0 spiro atoms. The number of hydrogen-bond donors (Lipinski definition) is 9. The maximum atomic E-state index is 14.2. The Kier molecular flexibility index (Phi) is 17.6. The highest BCUT2D eigenvalue weighted by molar-refractivity contribution is 7.47. The van der Waals surface area contributed by atoms with Crippen molar-refractivity contribution >= 4 is 73.7 Å². The third-order valence-corrected chi connectivity index (χ3v) is 13.2. The van der Waals surface area contributed by atoms with Crippen LogP contribution in [0.4, 0.5) is 26.5 Å². The van der Waals surface area contributed by atoms with E-state index in [9.17, 15) is 57.6 Å². The van der Waals surface area contributed by atoms with Crippen molar-refractivity contribution in [2.75, 3.05) is 36.6 Å². The van der Waals surface area contributed by atoms with Gasteiger partial charge in [0, 0.05) is 11.9 Å². The molecule has 29 nitrogen and oxygen atoms in total. The molecule has 0 aliphatic carbocycles. The average Bonchev–Trinajstić information content (AvgIpc) is 4.15. The molecule has 77 heavy (non-hydrogen) atoms. The number of phosphoric acid groups is 2. The van der Waals surface area contributed by atoms with Gasteiger partial charge in [0.25, 0.3) is 0 Å². The lowest BCUT2D eigenvalue weighted by Crippen LogP contribution is -2.49. The average molecular weight is 1140 g/mol. The summed E-state index contributed by atoms with van der Waals surface area (Å²) in [6, 6.07) is 17.2. The van der Waals surface area contributed by atoms with Crippen molar-refractivity contribution < 1.29 is 90.1 Å². The molecule has 1 unspecified atom stereocenters. The number of esters is 1. The molecule has 2 saturated heterocycles. The zero-order chi connectivity index (χ0) is 55.2. The number of aromatic nitrogens is 6. The highest BCUT2D eigenvalue weighted by Crippen LogP contribution is 2.50. The number of phosphoric ester groups is 2. The summed E-state index contributed by atoms with van der Waals surface area (Å²) in [6.45, 7) is -3.16. The summed E-state index contributed by atoms with van der Waals surface area (Å²) in [4.78, 5) is 98.4. The summed E-state index contributed by atoms with van der Waals surface area (Å²) >= 11 is 6.30. The summed E-state index contributed by atoms with van der Waals surface area (Å²) in [6.07, 6.45) is -12.6. The predicted octanol–water partition coefficient (Wildman–Crippen LogP) is 1.64. The third-order valence-electron chi connectivity index (χ3n) is 11.4. The maximum absolute atomic E-state index is 14.2. The van der Waals surface area contributed by atoms with E-state index in [4.69, 9.17) is 55.8 Å². The monoisotopic (exact) mass is 1130 g/mol. The van der Waals surface area contributed by atoms with Gasteiger partial charge >= 0.3 is 33.4 Å². The van der Waals surface area contributed by atoms with Crippen LogP contribution in [0.15, 0.2) is 103 Å². The van der Waals surface area contributed by atoms with E-state index in [-0.39, 0.29) is 52.5 Å². The number of alkyl carbamates (subject to hydrolysis) is 1. The first-order chi connectivity index (χ1) is 36.6. The minimum absolute atomic E-state index is 0.0183. The van der Waals surface area contributed by atoms with Crippen LogP contribution in [0.3, 0.4) is 0 Å².